The Morgan fingerprint density at radius 1 is 1.07 bits per heavy atom. The molecule has 3 heterocycles. The summed E-state index contributed by atoms with van der Waals surface area (Å²) in [7, 11) is 0. The Balaban J connectivity index is 1.30. The van der Waals surface area contributed by atoms with Crippen LogP contribution in [0, 0.1) is 5.82 Å². The van der Waals surface area contributed by atoms with Crippen LogP contribution >= 0.6 is 0 Å². The topological polar surface area (TPSA) is 85.9 Å². The minimum Gasteiger partial charge on any atom is -0.337 e. The highest BCUT2D eigenvalue weighted by atomic mass is 19.1. The summed E-state index contributed by atoms with van der Waals surface area (Å²) in [4.78, 5) is 26.6. The Morgan fingerprint density at radius 2 is 1.90 bits per heavy atom. The lowest BCUT2D eigenvalue weighted by molar-refractivity contribution is -0.138. The normalized spacial score (nSPS) is 14.1. The molecule has 0 aliphatic carbocycles. The largest absolute Gasteiger partial charge is 0.337 e. The molecule has 9 heteroatoms. The molecule has 1 aliphatic rings. The maximum Gasteiger partial charge on any atom is 0.267 e. The molecule has 0 N–H and O–H groups in total. The second kappa shape index (κ2) is 7.18. The van der Waals surface area contributed by atoms with Gasteiger partial charge in [0.2, 0.25) is 5.91 Å². The molecule has 0 unspecified atom stereocenters. The van der Waals surface area contributed by atoms with Gasteiger partial charge in [0, 0.05) is 24.7 Å². The number of halogens is 1. The first-order valence-corrected chi connectivity index (χ1v) is 9.50. The third-order valence-electron chi connectivity index (χ3n) is 5.21. The fourth-order valence-electron chi connectivity index (χ4n) is 3.56. The van der Waals surface area contributed by atoms with E-state index >= 15 is 0 Å². The van der Waals surface area contributed by atoms with Crippen molar-refractivity contribution in [3.8, 4) is 11.3 Å². The number of amides is 1. The quantitative estimate of drug-likeness (QED) is 0.518. The average molecular weight is 404 g/mol. The number of likely N-dealkylation sites (tertiary alicyclic amines) is 1. The summed E-state index contributed by atoms with van der Waals surface area (Å²) in [5.41, 5.74) is 2.37. The van der Waals surface area contributed by atoms with Crippen LogP contribution < -0.4 is 5.56 Å². The smallest absolute Gasteiger partial charge is 0.267 e. The van der Waals surface area contributed by atoms with E-state index in [0.717, 1.165) is 11.0 Å². The second-order valence-electron chi connectivity index (χ2n) is 7.20. The Labute approximate surface area is 170 Å². The van der Waals surface area contributed by atoms with Crippen LogP contribution in [0.3, 0.4) is 0 Å². The molecular weight excluding hydrogens is 387 g/mol. The molecular formula is C21H17FN6O2. The van der Waals surface area contributed by atoms with Crippen molar-refractivity contribution in [3.05, 3.63) is 76.8 Å². The van der Waals surface area contributed by atoms with Crippen LogP contribution in [0.1, 0.15) is 6.04 Å². The summed E-state index contributed by atoms with van der Waals surface area (Å²) in [5.74, 6) is -0.468. The van der Waals surface area contributed by atoms with Gasteiger partial charge in [-0.2, -0.15) is 5.10 Å². The van der Waals surface area contributed by atoms with E-state index in [1.807, 2.05) is 24.3 Å². The van der Waals surface area contributed by atoms with Gasteiger partial charge in [0.05, 0.1) is 17.3 Å². The Morgan fingerprint density at radius 3 is 2.73 bits per heavy atom. The van der Waals surface area contributed by atoms with Crippen LogP contribution in [0.5, 0.6) is 0 Å². The van der Waals surface area contributed by atoms with E-state index in [1.165, 1.54) is 22.9 Å². The third-order valence-corrected chi connectivity index (χ3v) is 5.21. The van der Waals surface area contributed by atoms with Crippen molar-refractivity contribution in [2.45, 2.75) is 12.6 Å². The van der Waals surface area contributed by atoms with E-state index < -0.39 is 0 Å². The van der Waals surface area contributed by atoms with Gasteiger partial charge in [-0.1, -0.05) is 29.5 Å². The number of hydrogen-bond donors (Lipinski definition) is 0. The van der Waals surface area contributed by atoms with Gasteiger partial charge in [0.1, 0.15) is 17.9 Å². The lowest BCUT2D eigenvalue weighted by Crippen LogP contribution is -2.54. The lowest BCUT2D eigenvalue weighted by atomic mass is 10.1. The molecule has 1 amide bonds. The van der Waals surface area contributed by atoms with E-state index in [9.17, 15) is 14.0 Å². The van der Waals surface area contributed by atoms with E-state index in [4.69, 9.17) is 0 Å². The maximum absolute atomic E-state index is 13.5. The molecule has 2 aromatic carbocycles. The summed E-state index contributed by atoms with van der Waals surface area (Å²) in [6.07, 6.45) is 0. The fraction of sp³-hybridized carbons (Fsp3) is 0.190. The number of benzene rings is 2. The van der Waals surface area contributed by atoms with Gasteiger partial charge in [-0.05, 0) is 30.3 Å². The maximum atomic E-state index is 13.5. The number of hydrogen-bond acceptors (Lipinski definition) is 5. The Bertz CT molecular complexity index is 1310. The number of rotatable bonds is 4. The molecule has 4 aromatic rings. The average Bonchev–Trinajstić information content (AvgIpc) is 3.11. The molecule has 8 nitrogen and oxygen atoms in total. The first-order chi connectivity index (χ1) is 14.6. The number of aromatic nitrogens is 5. The number of carbonyl (C=O) groups excluding carboxylic acids is 1. The number of carbonyl (C=O) groups is 1. The minimum atomic E-state index is -0.367. The van der Waals surface area contributed by atoms with E-state index in [0.29, 0.717) is 24.3 Å². The SMILES string of the molecule is O=C(Cn1nnc2ccccc21)N1CC(n2nc(-c3cccc(F)c3)ccc2=O)C1. The van der Waals surface area contributed by atoms with Gasteiger partial charge in [-0.15, -0.1) is 5.10 Å². The molecule has 0 saturated carbocycles. The van der Waals surface area contributed by atoms with Gasteiger partial charge in [0.15, 0.2) is 0 Å². The molecule has 1 saturated heterocycles. The van der Waals surface area contributed by atoms with Crippen LogP contribution in [-0.2, 0) is 11.3 Å². The van der Waals surface area contributed by atoms with Crippen LogP contribution in [0.2, 0.25) is 0 Å². The standard InChI is InChI=1S/C21H17FN6O2/c22-15-5-3-4-14(10-15)17-8-9-20(29)28(24-17)16-11-26(12-16)21(30)13-27-19-7-2-1-6-18(19)23-25-27/h1-10,16H,11-13H2. The van der Waals surface area contributed by atoms with Gasteiger partial charge >= 0.3 is 0 Å². The molecule has 30 heavy (non-hydrogen) atoms. The van der Waals surface area contributed by atoms with Crippen molar-refractivity contribution in [1.82, 2.24) is 29.7 Å². The summed E-state index contributed by atoms with van der Waals surface area (Å²) in [6.45, 7) is 0.842. The predicted molar refractivity (Wildman–Crippen MR) is 107 cm³/mol. The molecule has 1 fully saturated rings. The zero-order valence-electron chi connectivity index (χ0n) is 15.8. The van der Waals surface area contributed by atoms with Crippen LogP contribution in [-0.4, -0.2) is 48.7 Å². The Hall–Kier alpha value is -3.88. The highest BCUT2D eigenvalue weighted by molar-refractivity contribution is 5.80. The zero-order valence-corrected chi connectivity index (χ0v) is 15.8. The van der Waals surface area contributed by atoms with Crippen molar-refractivity contribution in [2.24, 2.45) is 0 Å². The molecule has 0 bridgehead atoms. The highest BCUT2D eigenvalue weighted by Crippen LogP contribution is 2.22. The monoisotopic (exact) mass is 404 g/mol. The molecule has 150 valence electrons. The minimum absolute atomic E-state index is 0.0822. The molecule has 5 rings (SSSR count). The van der Waals surface area contributed by atoms with Crippen LogP contribution in [0.4, 0.5) is 4.39 Å². The lowest BCUT2D eigenvalue weighted by Gasteiger charge is -2.39. The van der Waals surface area contributed by atoms with Crippen molar-refractivity contribution in [1.29, 1.82) is 0 Å². The van der Waals surface area contributed by atoms with Crippen molar-refractivity contribution >= 4 is 16.9 Å². The van der Waals surface area contributed by atoms with Crippen LogP contribution in [0.15, 0.2) is 65.5 Å². The molecule has 2 aromatic heterocycles. The number of fused-ring (bicyclic) bond motifs is 1. The second-order valence-corrected chi connectivity index (χ2v) is 7.20. The number of para-hydroxylation sites is 1. The van der Waals surface area contributed by atoms with Gasteiger partial charge in [0.25, 0.3) is 5.56 Å². The first kappa shape index (κ1) is 18.2. The molecule has 1 aliphatic heterocycles. The fourth-order valence-corrected chi connectivity index (χ4v) is 3.56. The first-order valence-electron chi connectivity index (χ1n) is 9.50. The van der Waals surface area contributed by atoms with E-state index in [1.54, 1.807) is 27.8 Å². The summed E-state index contributed by atoms with van der Waals surface area (Å²) >= 11 is 0. The van der Waals surface area contributed by atoms with Crippen molar-refractivity contribution in [3.63, 3.8) is 0 Å². The summed E-state index contributed by atoms with van der Waals surface area (Å²) in [5, 5.41) is 12.5. The summed E-state index contributed by atoms with van der Waals surface area (Å²) < 4.78 is 16.4. The van der Waals surface area contributed by atoms with Crippen molar-refractivity contribution < 1.29 is 9.18 Å². The summed E-state index contributed by atoms with van der Waals surface area (Å²) in [6, 6.07) is 16.3. The molecule has 0 radical (unpaired) electrons. The number of nitrogens with zero attached hydrogens (tertiary/aromatic N) is 6. The molecule has 0 atom stereocenters. The third kappa shape index (κ3) is 3.24. The van der Waals surface area contributed by atoms with Gasteiger partial charge < -0.3 is 4.90 Å². The van der Waals surface area contributed by atoms with E-state index in [-0.39, 0.29) is 29.9 Å². The van der Waals surface area contributed by atoms with Gasteiger partial charge in [-0.25, -0.2) is 13.8 Å². The van der Waals surface area contributed by atoms with Crippen molar-refractivity contribution in [2.75, 3.05) is 13.1 Å². The highest BCUT2D eigenvalue weighted by Gasteiger charge is 2.33. The molecule has 0 spiro atoms. The van der Waals surface area contributed by atoms with Crippen LogP contribution in [0.25, 0.3) is 22.3 Å². The Kier molecular flexibility index (Phi) is 4.35. The van der Waals surface area contributed by atoms with E-state index in [2.05, 4.69) is 15.4 Å². The van der Waals surface area contributed by atoms with Gasteiger partial charge in [-0.3, -0.25) is 9.59 Å². The predicted octanol–water partition coefficient (Wildman–Crippen LogP) is 1.88. The zero-order chi connectivity index (χ0) is 20.7.